The number of halogens is 1. The van der Waals surface area contributed by atoms with E-state index in [1.165, 1.54) is 17.1 Å². The van der Waals surface area contributed by atoms with Gasteiger partial charge in [-0.3, -0.25) is 9.59 Å². The SMILES string of the molecule is CN(C)C(=O)/C=C/C(=O)c1ccccc1Cl. The lowest BCUT2D eigenvalue weighted by Gasteiger charge is -2.05. The predicted molar refractivity (Wildman–Crippen MR) is 63.6 cm³/mol. The molecule has 0 unspecified atom stereocenters. The van der Waals surface area contributed by atoms with E-state index in [-0.39, 0.29) is 11.7 Å². The van der Waals surface area contributed by atoms with Gasteiger partial charge in [0.2, 0.25) is 5.91 Å². The zero-order valence-electron chi connectivity index (χ0n) is 9.11. The van der Waals surface area contributed by atoms with Crippen LogP contribution in [0.1, 0.15) is 10.4 Å². The van der Waals surface area contributed by atoms with E-state index in [0.29, 0.717) is 10.6 Å². The molecule has 0 radical (unpaired) electrons. The maximum absolute atomic E-state index is 11.7. The fourth-order valence-corrected chi connectivity index (χ4v) is 1.28. The summed E-state index contributed by atoms with van der Waals surface area (Å²) in [5.41, 5.74) is 0.395. The lowest BCUT2D eigenvalue weighted by molar-refractivity contribution is -0.123. The number of allylic oxidation sites excluding steroid dienone is 1. The van der Waals surface area contributed by atoms with Gasteiger partial charge in [0.1, 0.15) is 0 Å². The zero-order valence-corrected chi connectivity index (χ0v) is 9.86. The maximum Gasteiger partial charge on any atom is 0.246 e. The molecule has 0 aliphatic heterocycles. The number of hydrogen-bond acceptors (Lipinski definition) is 2. The van der Waals surface area contributed by atoms with Gasteiger partial charge in [-0.2, -0.15) is 0 Å². The van der Waals surface area contributed by atoms with Crippen molar-refractivity contribution in [1.29, 1.82) is 0 Å². The Labute approximate surface area is 99.3 Å². The topological polar surface area (TPSA) is 37.4 Å². The summed E-state index contributed by atoms with van der Waals surface area (Å²) in [5, 5.41) is 0.384. The minimum atomic E-state index is -0.277. The minimum absolute atomic E-state index is 0.236. The number of likely N-dealkylation sites (N-methyl/N-ethyl adjacent to an activating group) is 1. The van der Waals surface area contributed by atoms with E-state index in [4.69, 9.17) is 11.6 Å². The molecule has 1 aromatic rings. The first-order chi connectivity index (χ1) is 7.52. The summed E-state index contributed by atoms with van der Waals surface area (Å²) in [7, 11) is 3.24. The van der Waals surface area contributed by atoms with Crippen LogP contribution in [0.3, 0.4) is 0 Å². The van der Waals surface area contributed by atoms with Gasteiger partial charge in [0, 0.05) is 25.7 Å². The highest BCUT2D eigenvalue weighted by molar-refractivity contribution is 6.34. The standard InChI is InChI=1S/C12H12ClNO2/c1-14(2)12(16)8-7-11(15)9-5-3-4-6-10(9)13/h3-8H,1-2H3/b8-7+. The second kappa shape index (κ2) is 5.47. The summed E-state index contributed by atoms with van der Waals surface area (Å²) in [6.07, 6.45) is 2.45. The van der Waals surface area contributed by atoms with Crippen molar-refractivity contribution in [2.45, 2.75) is 0 Å². The number of ketones is 1. The van der Waals surface area contributed by atoms with Crippen molar-refractivity contribution in [3.63, 3.8) is 0 Å². The number of carbonyl (C=O) groups is 2. The van der Waals surface area contributed by atoms with Gasteiger partial charge in [-0.15, -0.1) is 0 Å². The first-order valence-electron chi connectivity index (χ1n) is 4.70. The Hall–Kier alpha value is -1.61. The Morgan fingerprint density at radius 2 is 1.81 bits per heavy atom. The van der Waals surface area contributed by atoms with E-state index < -0.39 is 0 Å². The van der Waals surface area contributed by atoms with Crippen molar-refractivity contribution in [2.24, 2.45) is 0 Å². The van der Waals surface area contributed by atoms with Crippen molar-refractivity contribution < 1.29 is 9.59 Å². The molecule has 0 aromatic heterocycles. The van der Waals surface area contributed by atoms with Crippen LogP contribution in [-0.4, -0.2) is 30.7 Å². The van der Waals surface area contributed by atoms with E-state index in [1.54, 1.807) is 38.4 Å². The molecule has 0 atom stereocenters. The number of benzene rings is 1. The fraction of sp³-hybridized carbons (Fsp3) is 0.167. The van der Waals surface area contributed by atoms with Crippen molar-refractivity contribution in [3.8, 4) is 0 Å². The molecule has 0 bridgehead atoms. The van der Waals surface area contributed by atoms with Crippen molar-refractivity contribution in [2.75, 3.05) is 14.1 Å². The molecule has 0 fully saturated rings. The average molecular weight is 238 g/mol. The van der Waals surface area contributed by atoms with Crippen LogP contribution in [0.4, 0.5) is 0 Å². The van der Waals surface area contributed by atoms with Crippen LogP contribution < -0.4 is 0 Å². The highest BCUT2D eigenvalue weighted by Gasteiger charge is 2.06. The van der Waals surface area contributed by atoms with Gasteiger partial charge in [0.25, 0.3) is 0 Å². The van der Waals surface area contributed by atoms with Crippen LogP contribution in [0, 0.1) is 0 Å². The number of rotatable bonds is 3. The van der Waals surface area contributed by atoms with E-state index in [0.717, 1.165) is 0 Å². The van der Waals surface area contributed by atoms with Gasteiger partial charge < -0.3 is 4.90 Å². The highest BCUT2D eigenvalue weighted by Crippen LogP contribution is 2.15. The van der Waals surface area contributed by atoms with Crippen LogP contribution in [0.15, 0.2) is 36.4 Å². The molecular formula is C12H12ClNO2. The molecular weight excluding hydrogens is 226 g/mol. The van der Waals surface area contributed by atoms with Crippen LogP contribution in [0.2, 0.25) is 5.02 Å². The fourth-order valence-electron chi connectivity index (χ4n) is 1.05. The molecule has 4 heteroatoms. The summed E-state index contributed by atoms with van der Waals surface area (Å²) in [4.78, 5) is 24.3. The first kappa shape index (κ1) is 12.5. The summed E-state index contributed by atoms with van der Waals surface area (Å²) in [6.45, 7) is 0. The Balaban J connectivity index is 2.81. The molecule has 0 saturated heterocycles. The lowest BCUT2D eigenvalue weighted by atomic mass is 10.1. The molecule has 3 nitrogen and oxygen atoms in total. The molecule has 1 aromatic carbocycles. The van der Waals surface area contributed by atoms with Crippen LogP contribution in [0.25, 0.3) is 0 Å². The third-order valence-corrected chi connectivity index (χ3v) is 2.29. The van der Waals surface area contributed by atoms with Crippen LogP contribution in [-0.2, 0) is 4.79 Å². The monoisotopic (exact) mass is 237 g/mol. The molecule has 0 saturated carbocycles. The minimum Gasteiger partial charge on any atom is -0.345 e. The zero-order chi connectivity index (χ0) is 12.1. The second-order valence-corrected chi connectivity index (χ2v) is 3.82. The van der Waals surface area contributed by atoms with E-state index >= 15 is 0 Å². The van der Waals surface area contributed by atoms with Crippen LogP contribution >= 0.6 is 11.6 Å². The lowest BCUT2D eigenvalue weighted by Crippen LogP contribution is -2.19. The Kier molecular flexibility index (Phi) is 4.26. The third kappa shape index (κ3) is 3.21. The molecule has 1 rings (SSSR count). The molecule has 0 spiro atoms. The first-order valence-corrected chi connectivity index (χ1v) is 5.08. The summed E-state index contributed by atoms with van der Waals surface area (Å²) < 4.78 is 0. The van der Waals surface area contributed by atoms with E-state index in [2.05, 4.69) is 0 Å². The van der Waals surface area contributed by atoms with Crippen LogP contribution in [0.5, 0.6) is 0 Å². The Morgan fingerprint density at radius 1 is 1.19 bits per heavy atom. The van der Waals surface area contributed by atoms with Gasteiger partial charge in [-0.1, -0.05) is 23.7 Å². The molecule has 0 N–H and O–H groups in total. The van der Waals surface area contributed by atoms with Gasteiger partial charge in [-0.25, -0.2) is 0 Å². The Morgan fingerprint density at radius 3 is 2.38 bits per heavy atom. The maximum atomic E-state index is 11.7. The van der Waals surface area contributed by atoms with Gasteiger partial charge in [0.05, 0.1) is 5.02 Å². The summed E-state index contributed by atoms with van der Waals surface area (Å²) in [6, 6.07) is 6.72. The second-order valence-electron chi connectivity index (χ2n) is 3.41. The number of hydrogen-bond donors (Lipinski definition) is 0. The molecule has 0 heterocycles. The average Bonchev–Trinajstić information content (AvgIpc) is 2.25. The van der Waals surface area contributed by atoms with Crippen molar-refractivity contribution >= 4 is 23.3 Å². The van der Waals surface area contributed by atoms with Gasteiger partial charge >= 0.3 is 0 Å². The highest BCUT2D eigenvalue weighted by atomic mass is 35.5. The summed E-state index contributed by atoms with van der Waals surface area (Å²) >= 11 is 5.85. The number of nitrogens with zero attached hydrogens (tertiary/aromatic N) is 1. The van der Waals surface area contributed by atoms with Gasteiger partial charge in [-0.05, 0) is 18.2 Å². The van der Waals surface area contributed by atoms with E-state index in [9.17, 15) is 9.59 Å². The normalized spacial score (nSPS) is 10.4. The Bertz CT molecular complexity index is 438. The van der Waals surface area contributed by atoms with Crippen molar-refractivity contribution in [3.05, 3.63) is 47.0 Å². The smallest absolute Gasteiger partial charge is 0.246 e. The van der Waals surface area contributed by atoms with Gasteiger partial charge in [0.15, 0.2) is 5.78 Å². The molecule has 1 amide bonds. The molecule has 0 aliphatic carbocycles. The summed E-state index contributed by atoms with van der Waals surface area (Å²) in [5.74, 6) is -0.513. The molecule has 0 aliphatic rings. The van der Waals surface area contributed by atoms with Crippen molar-refractivity contribution in [1.82, 2.24) is 4.90 Å². The predicted octanol–water partition coefficient (Wildman–Crippen LogP) is 2.17. The molecule has 84 valence electrons. The molecule has 16 heavy (non-hydrogen) atoms. The quantitative estimate of drug-likeness (QED) is 0.597. The van der Waals surface area contributed by atoms with E-state index in [1.807, 2.05) is 0 Å². The number of carbonyl (C=O) groups excluding carboxylic acids is 2. The third-order valence-electron chi connectivity index (χ3n) is 1.96. The number of amides is 1. The largest absolute Gasteiger partial charge is 0.345 e.